The van der Waals surface area contributed by atoms with Gasteiger partial charge in [-0.1, -0.05) is 11.8 Å². The van der Waals surface area contributed by atoms with Crippen molar-refractivity contribution in [2.24, 2.45) is 5.73 Å². The summed E-state index contributed by atoms with van der Waals surface area (Å²) in [6, 6.07) is 4.63. The molecule has 3 nitrogen and oxygen atoms in total. The van der Waals surface area contributed by atoms with Crippen LogP contribution in [0.4, 0.5) is 4.39 Å². The first-order chi connectivity index (χ1) is 7.63. The lowest BCUT2D eigenvalue weighted by Crippen LogP contribution is -2.30. The number of nitrogens with two attached hydrogens (primary N) is 1. The largest absolute Gasteiger partial charge is 0.344 e. The van der Waals surface area contributed by atoms with Crippen LogP contribution in [-0.4, -0.2) is 19.0 Å². The van der Waals surface area contributed by atoms with E-state index in [1.165, 1.54) is 6.07 Å². The fraction of sp³-hybridized carbons (Fsp3) is 0.250. The standard InChI is InChI=1S/C12H13FN2O/c1-9-7-10(4-5-11(9)13)3-2-6-15-12(16)8-14/h4-5,7H,6,8,14H2,1H3,(H,15,16). The molecule has 16 heavy (non-hydrogen) atoms. The Bertz CT molecular complexity index is 446. The van der Waals surface area contributed by atoms with Crippen molar-refractivity contribution < 1.29 is 9.18 Å². The Morgan fingerprint density at radius 2 is 2.31 bits per heavy atom. The quantitative estimate of drug-likeness (QED) is 0.715. The van der Waals surface area contributed by atoms with Gasteiger partial charge in [-0.25, -0.2) is 4.39 Å². The number of aryl methyl sites for hydroxylation is 1. The summed E-state index contributed by atoms with van der Waals surface area (Å²) >= 11 is 0. The molecule has 0 aliphatic heterocycles. The van der Waals surface area contributed by atoms with Crippen molar-refractivity contribution in [2.75, 3.05) is 13.1 Å². The van der Waals surface area contributed by atoms with Gasteiger partial charge in [-0.15, -0.1) is 0 Å². The van der Waals surface area contributed by atoms with Crippen LogP contribution in [0.2, 0.25) is 0 Å². The molecule has 0 bridgehead atoms. The summed E-state index contributed by atoms with van der Waals surface area (Å²) in [5.74, 6) is 5.08. The van der Waals surface area contributed by atoms with Crippen LogP contribution < -0.4 is 11.1 Å². The third-order valence-corrected chi connectivity index (χ3v) is 1.95. The van der Waals surface area contributed by atoms with Gasteiger partial charge >= 0.3 is 0 Å². The van der Waals surface area contributed by atoms with E-state index in [1.807, 2.05) is 0 Å². The van der Waals surface area contributed by atoms with Crippen molar-refractivity contribution in [1.29, 1.82) is 0 Å². The summed E-state index contributed by atoms with van der Waals surface area (Å²) in [6.07, 6.45) is 0. The number of halogens is 1. The highest BCUT2D eigenvalue weighted by atomic mass is 19.1. The van der Waals surface area contributed by atoms with E-state index < -0.39 is 0 Å². The molecule has 0 fully saturated rings. The molecule has 3 N–H and O–H groups in total. The highest BCUT2D eigenvalue weighted by molar-refractivity contribution is 5.77. The van der Waals surface area contributed by atoms with Crippen molar-refractivity contribution >= 4 is 5.91 Å². The number of hydrogen-bond donors (Lipinski definition) is 2. The molecule has 0 spiro atoms. The van der Waals surface area contributed by atoms with E-state index in [4.69, 9.17) is 5.73 Å². The highest BCUT2D eigenvalue weighted by Gasteiger charge is 1.96. The van der Waals surface area contributed by atoms with Gasteiger partial charge < -0.3 is 11.1 Å². The summed E-state index contributed by atoms with van der Waals surface area (Å²) in [5.41, 5.74) is 6.38. The highest BCUT2D eigenvalue weighted by Crippen LogP contribution is 2.07. The number of carbonyl (C=O) groups excluding carboxylic acids is 1. The maximum Gasteiger partial charge on any atom is 0.234 e. The molecule has 0 aromatic heterocycles. The molecular weight excluding hydrogens is 207 g/mol. The Balaban J connectivity index is 2.56. The first-order valence-electron chi connectivity index (χ1n) is 4.85. The van der Waals surface area contributed by atoms with E-state index in [9.17, 15) is 9.18 Å². The molecule has 1 aromatic carbocycles. The molecule has 4 heteroatoms. The minimum absolute atomic E-state index is 0.0443. The average molecular weight is 220 g/mol. The molecule has 1 aromatic rings. The number of benzene rings is 1. The first kappa shape index (κ1) is 12.2. The van der Waals surface area contributed by atoms with Gasteiger partial charge in [0.1, 0.15) is 5.82 Å². The van der Waals surface area contributed by atoms with Crippen LogP contribution in [0.15, 0.2) is 18.2 Å². The van der Waals surface area contributed by atoms with Crippen molar-refractivity contribution in [1.82, 2.24) is 5.32 Å². The molecule has 0 saturated heterocycles. The molecule has 1 rings (SSSR count). The van der Waals surface area contributed by atoms with Crippen molar-refractivity contribution in [3.63, 3.8) is 0 Å². The van der Waals surface area contributed by atoms with Crippen LogP contribution in [0.1, 0.15) is 11.1 Å². The minimum Gasteiger partial charge on any atom is -0.344 e. The van der Waals surface area contributed by atoms with Gasteiger partial charge in [0, 0.05) is 5.56 Å². The normalized spacial score (nSPS) is 9.19. The predicted octanol–water partition coefficient (Wildman–Crippen LogP) is 0.561. The Kier molecular flexibility index (Phi) is 4.49. The van der Waals surface area contributed by atoms with Gasteiger partial charge in [-0.2, -0.15) is 0 Å². The van der Waals surface area contributed by atoms with Gasteiger partial charge in [0.2, 0.25) is 5.91 Å². The van der Waals surface area contributed by atoms with Crippen LogP contribution in [0.5, 0.6) is 0 Å². The third kappa shape index (κ3) is 3.71. The van der Waals surface area contributed by atoms with Gasteiger partial charge in [0.05, 0.1) is 13.1 Å². The zero-order chi connectivity index (χ0) is 12.0. The number of nitrogens with one attached hydrogen (secondary N) is 1. The lowest BCUT2D eigenvalue weighted by Gasteiger charge is -1.97. The summed E-state index contributed by atoms with van der Waals surface area (Å²) in [4.78, 5) is 10.8. The van der Waals surface area contributed by atoms with Gasteiger partial charge in [0.25, 0.3) is 0 Å². The van der Waals surface area contributed by atoms with Gasteiger partial charge in [-0.05, 0) is 30.7 Å². The fourth-order valence-electron chi connectivity index (χ4n) is 1.08. The number of carbonyl (C=O) groups is 1. The Morgan fingerprint density at radius 3 is 2.94 bits per heavy atom. The van der Waals surface area contributed by atoms with Crippen molar-refractivity contribution in [2.45, 2.75) is 6.92 Å². The van der Waals surface area contributed by atoms with E-state index in [0.29, 0.717) is 5.56 Å². The number of hydrogen-bond acceptors (Lipinski definition) is 2. The third-order valence-electron chi connectivity index (χ3n) is 1.95. The van der Waals surface area contributed by atoms with Crippen LogP contribution in [0.3, 0.4) is 0 Å². The maximum absolute atomic E-state index is 12.9. The first-order valence-corrected chi connectivity index (χ1v) is 4.85. The van der Waals surface area contributed by atoms with E-state index in [-0.39, 0.29) is 24.8 Å². The van der Waals surface area contributed by atoms with E-state index in [2.05, 4.69) is 17.2 Å². The van der Waals surface area contributed by atoms with Gasteiger partial charge in [-0.3, -0.25) is 4.79 Å². The number of amides is 1. The molecular formula is C12H13FN2O. The SMILES string of the molecule is Cc1cc(C#CCNC(=O)CN)ccc1F. The maximum atomic E-state index is 12.9. The smallest absolute Gasteiger partial charge is 0.234 e. The topological polar surface area (TPSA) is 55.1 Å². The molecule has 0 radical (unpaired) electrons. The summed E-state index contributed by atoms with van der Waals surface area (Å²) in [5, 5.41) is 2.52. The molecule has 0 unspecified atom stereocenters. The Morgan fingerprint density at radius 1 is 1.56 bits per heavy atom. The molecule has 0 heterocycles. The summed E-state index contributed by atoms with van der Waals surface area (Å²) in [7, 11) is 0. The number of rotatable bonds is 2. The van der Waals surface area contributed by atoms with Crippen LogP contribution in [0.25, 0.3) is 0 Å². The lowest BCUT2D eigenvalue weighted by molar-refractivity contribution is -0.119. The second-order valence-electron chi connectivity index (χ2n) is 3.25. The van der Waals surface area contributed by atoms with E-state index in [0.717, 1.165) is 5.56 Å². The van der Waals surface area contributed by atoms with Crippen LogP contribution >= 0.6 is 0 Å². The predicted molar refractivity (Wildman–Crippen MR) is 60.1 cm³/mol. The molecule has 1 amide bonds. The summed E-state index contributed by atoms with van der Waals surface area (Å²) in [6.45, 7) is 1.88. The lowest BCUT2D eigenvalue weighted by atomic mass is 10.1. The minimum atomic E-state index is -0.248. The van der Waals surface area contributed by atoms with Crippen LogP contribution in [-0.2, 0) is 4.79 Å². The van der Waals surface area contributed by atoms with Crippen molar-refractivity contribution in [3.8, 4) is 11.8 Å². The fourth-order valence-corrected chi connectivity index (χ4v) is 1.08. The van der Waals surface area contributed by atoms with E-state index >= 15 is 0 Å². The molecule has 0 aliphatic rings. The van der Waals surface area contributed by atoms with Gasteiger partial charge in [0.15, 0.2) is 0 Å². The monoisotopic (exact) mass is 220 g/mol. The van der Waals surface area contributed by atoms with Crippen molar-refractivity contribution in [3.05, 3.63) is 35.1 Å². The zero-order valence-electron chi connectivity index (χ0n) is 9.01. The molecule has 0 saturated carbocycles. The summed E-state index contributed by atoms with van der Waals surface area (Å²) < 4.78 is 12.9. The zero-order valence-corrected chi connectivity index (χ0v) is 9.01. The second kappa shape index (κ2) is 5.89. The van der Waals surface area contributed by atoms with Crippen LogP contribution in [0, 0.1) is 24.6 Å². The molecule has 84 valence electrons. The average Bonchev–Trinajstić information content (AvgIpc) is 2.28. The Labute approximate surface area is 93.8 Å². The van der Waals surface area contributed by atoms with E-state index in [1.54, 1.807) is 19.1 Å². The second-order valence-corrected chi connectivity index (χ2v) is 3.25. The molecule has 0 atom stereocenters. The Hall–Kier alpha value is -1.86. The molecule has 0 aliphatic carbocycles.